The highest BCUT2D eigenvalue weighted by Crippen LogP contribution is 2.28. The highest BCUT2D eigenvalue weighted by Gasteiger charge is 2.19. The number of anilines is 2. The lowest BCUT2D eigenvalue weighted by atomic mass is 10.1. The van der Waals surface area contributed by atoms with Gasteiger partial charge in [0.05, 0.1) is 17.7 Å². The number of amides is 1. The molecule has 8 heteroatoms. The molecule has 0 aliphatic heterocycles. The van der Waals surface area contributed by atoms with Crippen LogP contribution in [-0.2, 0) is 14.8 Å². The summed E-state index contributed by atoms with van der Waals surface area (Å²) < 4.78 is 39.2. The summed E-state index contributed by atoms with van der Waals surface area (Å²) in [5, 5.41) is 2.75. The molecule has 0 aromatic heterocycles. The number of benzene rings is 3. The lowest BCUT2D eigenvalue weighted by molar-refractivity contribution is -0.122. The zero-order chi connectivity index (χ0) is 24.2. The number of sulfonamides is 1. The highest BCUT2D eigenvalue weighted by molar-refractivity contribution is 7.92. The van der Waals surface area contributed by atoms with Gasteiger partial charge in [-0.15, -0.1) is 0 Å². The number of ether oxygens (including phenoxy) is 2. The van der Waals surface area contributed by atoms with Gasteiger partial charge < -0.3 is 14.8 Å². The number of hydrogen-bond acceptors (Lipinski definition) is 5. The van der Waals surface area contributed by atoms with E-state index in [-0.39, 0.29) is 10.8 Å². The van der Waals surface area contributed by atoms with Crippen molar-refractivity contribution in [2.45, 2.75) is 38.7 Å². The fraction of sp³-hybridized carbons (Fsp3) is 0.240. The molecule has 0 spiro atoms. The molecule has 1 atom stereocenters. The summed E-state index contributed by atoms with van der Waals surface area (Å²) in [4.78, 5) is 12.6. The monoisotopic (exact) mass is 468 g/mol. The summed E-state index contributed by atoms with van der Waals surface area (Å²) in [5.41, 5.74) is 3.77. The summed E-state index contributed by atoms with van der Waals surface area (Å²) in [5.74, 6) is 0.724. The molecular formula is C25H28N2O5S. The summed E-state index contributed by atoms with van der Waals surface area (Å²) in [7, 11) is -2.36. The topological polar surface area (TPSA) is 93.7 Å². The molecule has 0 heterocycles. The van der Waals surface area contributed by atoms with Crippen LogP contribution in [0.4, 0.5) is 11.4 Å². The maximum atomic E-state index is 12.8. The maximum absolute atomic E-state index is 12.8. The first kappa shape index (κ1) is 24.1. The van der Waals surface area contributed by atoms with Crippen molar-refractivity contribution in [1.82, 2.24) is 0 Å². The second-order valence-electron chi connectivity index (χ2n) is 7.85. The van der Waals surface area contributed by atoms with E-state index in [9.17, 15) is 13.2 Å². The van der Waals surface area contributed by atoms with Crippen molar-refractivity contribution in [2.75, 3.05) is 17.1 Å². The Morgan fingerprint density at radius 2 is 1.48 bits per heavy atom. The van der Waals surface area contributed by atoms with Gasteiger partial charge in [-0.2, -0.15) is 0 Å². The molecule has 3 rings (SSSR count). The molecule has 0 aliphatic carbocycles. The fourth-order valence-corrected chi connectivity index (χ4v) is 4.30. The van der Waals surface area contributed by atoms with Crippen LogP contribution in [0.3, 0.4) is 0 Å². The van der Waals surface area contributed by atoms with E-state index in [0.29, 0.717) is 22.9 Å². The Kier molecular flexibility index (Phi) is 7.28. The van der Waals surface area contributed by atoms with Gasteiger partial charge >= 0.3 is 0 Å². The van der Waals surface area contributed by atoms with E-state index in [1.54, 1.807) is 19.1 Å². The average Bonchev–Trinajstić information content (AvgIpc) is 2.76. The quantitative estimate of drug-likeness (QED) is 0.494. The molecule has 1 amide bonds. The van der Waals surface area contributed by atoms with Crippen LogP contribution in [0.15, 0.2) is 65.6 Å². The van der Waals surface area contributed by atoms with Gasteiger partial charge in [-0.25, -0.2) is 8.42 Å². The Morgan fingerprint density at radius 3 is 2.09 bits per heavy atom. The van der Waals surface area contributed by atoms with Crippen molar-refractivity contribution in [3.05, 3.63) is 77.4 Å². The first-order chi connectivity index (χ1) is 15.6. The van der Waals surface area contributed by atoms with E-state index >= 15 is 0 Å². The van der Waals surface area contributed by atoms with Crippen molar-refractivity contribution < 1.29 is 22.7 Å². The minimum absolute atomic E-state index is 0.0589. The van der Waals surface area contributed by atoms with Crippen molar-refractivity contribution in [3.63, 3.8) is 0 Å². The fourth-order valence-electron chi connectivity index (χ4n) is 3.24. The summed E-state index contributed by atoms with van der Waals surface area (Å²) in [6.45, 7) is 7.43. The Balaban J connectivity index is 1.68. The molecule has 0 saturated carbocycles. The highest BCUT2D eigenvalue weighted by atomic mass is 32.2. The molecule has 33 heavy (non-hydrogen) atoms. The smallest absolute Gasteiger partial charge is 0.265 e. The van der Waals surface area contributed by atoms with E-state index < -0.39 is 16.1 Å². The first-order valence-electron chi connectivity index (χ1n) is 10.4. The number of aryl methyl sites for hydroxylation is 3. The van der Waals surface area contributed by atoms with E-state index in [1.807, 2.05) is 45.0 Å². The van der Waals surface area contributed by atoms with Crippen molar-refractivity contribution in [2.24, 2.45) is 0 Å². The third-order valence-electron chi connectivity index (χ3n) is 5.03. The zero-order valence-corrected chi connectivity index (χ0v) is 20.1. The van der Waals surface area contributed by atoms with Gasteiger partial charge in [0.15, 0.2) is 6.10 Å². The molecule has 2 N–H and O–H groups in total. The van der Waals surface area contributed by atoms with E-state index in [2.05, 4.69) is 10.0 Å². The summed E-state index contributed by atoms with van der Waals surface area (Å²) in [6.07, 6.45) is -0.731. The summed E-state index contributed by atoms with van der Waals surface area (Å²) in [6, 6.07) is 16.9. The van der Waals surface area contributed by atoms with Crippen LogP contribution < -0.4 is 19.5 Å². The van der Waals surface area contributed by atoms with Gasteiger partial charge in [-0.05, 0) is 81.3 Å². The van der Waals surface area contributed by atoms with Crippen LogP contribution in [0.5, 0.6) is 11.5 Å². The van der Waals surface area contributed by atoms with E-state index in [4.69, 9.17) is 9.47 Å². The van der Waals surface area contributed by atoms with Gasteiger partial charge in [-0.3, -0.25) is 9.52 Å². The third kappa shape index (κ3) is 6.04. The number of carbonyl (C=O) groups is 1. The van der Waals surface area contributed by atoms with Gasteiger partial charge in [0.2, 0.25) is 0 Å². The van der Waals surface area contributed by atoms with Crippen molar-refractivity contribution >= 4 is 27.3 Å². The Bertz CT molecular complexity index is 1250. The molecule has 0 radical (unpaired) electrons. The standard InChI is InChI=1S/C25H28N2O5S/c1-16-6-12-23(18(3)14-16)32-19(4)25(28)26-20-8-10-21(11-9-20)33(29,30)27-22-15-17(2)7-13-24(22)31-5/h6-15,19,27H,1-5H3,(H,26,28)/t19-/m1/s1. The van der Waals surface area contributed by atoms with Crippen molar-refractivity contribution in [3.8, 4) is 11.5 Å². The van der Waals surface area contributed by atoms with Gasteiger partial charge in [0.25, 0.3) is 15.9 Å². The maximum Gasteiger partial charge on any atom is 0.265 e. The van der Waals surface area contributed by atoms with Crippen LogP contribution in [0, 0.1) is 20.8 Å². The summed E-state index contributed by atoms with van der Waals surface area (Å²) >= 11 is 0. The van der Waals surface area contributed by atoms with E-state index in [1.165, 1.54) is 31.4 Å². The second kappa shape index (κ2) is 9.95. The number of carbonyl (C=O) groups excluding carboxylic acids is 1. The Morgan fingerprint density at radius 1 is 0.879 bits per heavy atom. The predicted octanol–water partition coefficient (Wildman–Crippen LogP) is 4.83. The second-order valence-corrected chi connectivity index (χ2v) is 9.53. The minimum atomic E-state index is -3.84. The first-order valence-corrected chi connectivity index (χ1v) is 11.9. The van der Waals surface area contributed by atoms with Crippen LogP contribution >= 0.6 is 0 Å². The molecule has 0 aliphatic rings. The normalized spacial score (nSPS) is 12.0. The Hall–Kier alpha value is -3.52. The van der Waals surface area contributed by atoms with Gasteiger partial charge in [-0.1, -0.05) is 23.8 Å². The number of nitrogens with one attached hydrogen (secondary N) is 2. The molecule has 0 bridgehead atoms. The van der Waals surface area contributed by atoms with Crippen LogP contribution in [0.2, 0.25) is 0 Å². The third-order valence-corrected chi connectivity index (χ3v) is 6.42. The molecule has 0 fully saturated rings. The molecule has 174 valence electrons. The molecule has 3 aromatic carbocycles. The van der Waals surface area contributed by atoms with Crippen LogP contribution in [0.25, 0.3) is 0 Å². The molecule has 3 aromatic rings. The predicted molar refractivity (Wildman–Crippen MR) is 130 cm³/mol. The van der Waals surface area contributed by atoms with E-state index in [0.717, 1.165) is 16.7 Å². The molecular weight excluding hydrogens is 440 g/mol. The average molecular weight is 469 g/mol. The van der Waals surface area contributed by atoms with Crippen molar-refractivity contribution in [1.29, 1.82) is 0 Å². The number of methoxy groups -OCH3 is 1. The number of rotatable bonds is 8. The largest absolute Gasteiger partial charge is 0.495 e. The lowest BCUT2D eigenvalue weighted by Crippen LogP contribution is -2.30. The van der Waals surface area contributed by atoms with Gasteiger partial charge in [0, 0.05) is 5.69 Å². The SMILES string of the molecule is COc1ccc(C)cc1NS(=O)(=O)c1ccc(NC(=O)[C@@H](C)Oc2ccc(C)cc2C)cc1. The number of hydrogen-bond donors (Lipinski definition) is 2. The lowest BCUT2D eigenvalue weighted by Gasteiger charge is -2.17. The molecule has 0 unspecified atom stereocenters. The molecule has 7 nitrogen and oxygen atoms in total. The van der Waals surface area contributed by atoms with Crippen LogP contribution in [-0.4, -0.2) is 27.5 Å². The molecule has 0 saturated heterocycles. The Labute approximate surface area is 194 Å². The van der Waals surface area contributed by atoms with Gasteiger partial charge in [0.1, 0.15) is 11.5 Å². The van der Waals surface area contributed by atoms with Crippen LogP contribution in [0.1, 0.15) is 23.6 Å². The minimum Gasteiger partial charge on any atom is -0.495 e. The zero-order valence-electron chi connectivity index (χ0n) is 19.3.